The lowest BCUT2D eigenvalue weighted by atomic mass is 9.81. The largest absolute Gasteiger partial charge is 0.508 e. The molecule has 0 aliphatic carbocycles. The molecule has 1 saturated heterocycles. The molecule has 5 aromatic carbocycles. The van der Waals surface area contributed by atoms with Crippen molar-refractivity contribution < 1.29 is 141 Å². The van der Waals surface area contributed by atoms with Crippen molar-refractivity contribution in [3.8, 4) is 5.75 Å². The fourth-order valence-corrected chi connectivity index (χ4v) is 20.2. The summed E-state index contributed by atoms with van der Waals surface area (Å²) in [5.74, 6) is -30.9. The lowest BCUT2D eigenvalue weighted by molar-refractivity contribution is -0.142. The molecule has 0 aromatic heterocycles. The predicted molar refractivity (Wildman–Crippen MR) is 549 cm³/mol. The van der Waals surface area contributed by atoms with Gasteiger partial charge in [0, 0.05) is 131 Å². The number of hydrogen-bond donors (Lipinski definition) is 20. The number of phenols is 1. The van der Waals surface area contributed by atoms with Gasteiger partial charge in [0.05, 0.1) is 69.4 Å². The van der Waals surface area contributed by atoms with Crippen LogP contribution in [0.15, 0.2) is 115 Å². The van der Waals surface area contributed by atoms with Crippen molar-refractivity contribution >= 4 is 176 Å². The van der Waals surface area contributed by atoms with Crippen LogP contribution in [0.4, 0.5) is 0 Å². The molecule has 814 valence electrons. The minimum absolute atomic E-state index is 0.0116. The number of Topliss-reactive ketones (excluding diaryl/α,β-unsaturated/α-hetero) is 3. The SMILES string of the molecule is CC[C@@H]1NC(=O)[C@@H]2CSCc3cc(cc(c3)CSC[C@H](CC(=O)CN3CCN(CC(=O)O)CCN(CC(=O)O)CCN(CC(=O)O)CC3)C(=O)N[C@H](C)C(=O)N[C@@H](CC(N)=O)C(=O)N[C@@H](CCC(=O)O)C(=O)C[C@@H](Cc3cccc4ccccc34)C(=O)N[C@H](C)C(=O)N2)CSC[C@@H](C(N)=O)CC(=O)[C@H](C(C)(C)C)NC(=O)[C@H](CC(=O)O)NC(=O)[C@H](Cc2ccc(O)cc2)NC(=O)[C@H](Cc2ccccc2)NC(=O)[C@H](CC(=O)O)NC1=O. The van der Waals surface area contributed by atoms with Crippen LogP contribution in [0, 0.1) is 23.2 Å². The van der Waals surface area contributed by atoms with Crippen molar-refractivity contribution in [2.45, 2.75) is 202 Å². The molecule has 49 heteroatoms. The number of thioether (sulfide) groups is 3. The van der Waals surface area contributed by atoms with Crippen molar-refractivity contribution in [2.75, 3.05) is 95.8 Å². The highest BCUT2D eigenvalue weighted by atomic mass is 32.2. The van der Waals surface area contributed by atoms with E-state index in [1.807, 2.05) is 0 Å². The minimum Gasteiger partial charge on any atom is -0.508 e. The Labute approximate surface area is 877 Å². The highest BCUT2D eigenvalue weighted by Crippen LogP contribution is 2.31. The molecule has 5 aromatic rings. The number of ketones is 3. The number of aromatic hydroxyl groups is 1. The van der Waals surface area contributed by atoms with Crippen LogP contribution >= 0.6 is 35.3 Å². The highest BCUT2D eigenvalue weighted by Gasteiger charge is 2.42. The number of amides is 13. The van der Waals surface area contributed by atoms with Gasteiger partial charge >= 0.3 is 35.8 Å². The fraction of sp³-hybridized carbons (Fsp3) is 0.505. The number of nitrogens with one attached hydrogen (secondary N) is 11. The molecule has 0 unspecified atom stereocenters. The first kappa shape index (κ1) is 121. The monoisotopic (exact) mass is 2140 g/mol. The van der Waals surface area contributed by atoms with E-state index < -0.39 is 316 Å². The number of primary amides is 2. The molecule has 150 heavy (non-hydrogen) atoms. The summed E-state index contributed by atoms with van der Waals surface area (Å²) in [5.41, 5.74) is 13.1. The van der Waals surface area contributed by atoms with Gasteiger partial charge in [-0.25, -0.2) is 0 Å². The summed E-state index contributed by atoms with van der Waals surface area (Å²) in [4.78, 5) is 317. The van der Waals surface area contributed by atoms with Crippen LogP contribution in [0.1, 0.15) is 133 Å². The molecule has 0 spiro atoms. The van der Waals surface area contributed by atoms with Crippen molar-refractivity contribution in [1.29, 1.82) is 0 Å². The summed E-state index contributed by atoms with van der Waals surface area (Å²) in [6, 6.07) is 10.5. The zero-order chi connectivity index (χ0) is 110. The molecule has 22 N–H and O–H groups in total. The quantitative estimate of drug-likeness (QED) is 0.0306. The number of phenolic OH excluding ortho intramolecular Hbond substituents is 1. The summed E-state index contributed by atoms with van der Waals surface area (Å²) in [6.07, 6.45) is -8.31. The first-order valence-corrected chi connectivity index (χ1v) is 52.3. The van der Waals surface area contributed by atoms with E-state index in [0.29, 0.717) is 38.6 Å². The van der Waals surface area contributed by atoms with Gasteiger partial charge in [0.15, 0.2) is 11.6 Å². The lowest BCUT2D eigenvalue weighted by Crippen LogP contribution is -2.61. The van der Waals surface area contributed by atoms with E-state index in [-0.39, 0.29) is 105 Å². The third-order valence-electron chi connectivity index (χ3n) is 25.1. The Balaban J connectivity index is 1.27. The summed E-state index contributed by atoms with van der Waals surface area (Å²) in [7, 11) is 0. The number of carbonyl (C=O) groups is 22. The fourth-order valence-electron chi connectivity index (χ4n) is 17.1. The molecule has 4 bridgehead atoms. The zero-order valence-electron chi connectivity index (χ0n) is 84.0. The molecule has 14 atom stereocenters. The smallest absolute Gasteiger partial charge is 0.317 e. The molecule has 0 saturated carbocycles. The second-order valence-corrected chi connectivity index (χ2v) is 41.5. The normalized spacial score (nSPS) is 24.0. The van der Waals surface area contributed by atoms with Gasteiger partial charge in [0.1, 0.15) is 65.9 Å². The average molecular weight is 2150 g/mol. The van der Waals surface area contributed by atoms with Crippen molar-refractivity contribution in [3.05, 3.63) is 149 Å². The van der Waals surface area contributed by atoms with E-state index in [4.69, 9.17) is 11.5 Å². The Morgan fingerprint density at radius 1 is 0.380 bits per heavy atom. The summed E-state index contributed by atoms with van der Waals surface area (Å²) in [6.45, 7) is 6.66. The standard InChI is InChI=1S/C101H133N17O29S3/c1-7-71-94(141)111-76(44-83(126)127)98(145)110-73(37-58-14-9-8-10-15-58)95(142)109-74(38-59-20-22-68(119)23-21-59)96(143)112-77(45-84(128)129)99(146)114-88(101(4,5)6)80(122)42-66(89(103)136)53-148-50-60-34-61-36-62(35-60)52-150-55-78(100(147)106-71)113-91(138)57(3)104-92(139)65(39-64-18-13-17-63-16-11-12-19-70(63)64)41-79(121)72(24-25-82(124)125)107-97(144)75(43-81(102)123)108-90(137)56(2)105-93(140)67(54-149-51-61)40-69(120)46-115-26-28-116(47-85(130)131)30-32-118(49-87(134)135)33-31-117(29-27-115)48-86(132)133/h8-23,34-36,56-57,65-67,71-78,88,119H,7,24-33,37-55H2,1-6H3,(H2,102,123)(H2,103,136)(H,104,139)(H,105,140)(H,106,147)(H,107,144)(H,108,137)(H,109,142)(H,110,145)(H,111,141)(H,112,143)(H,113,138)(H,114,146)(H,124,125)(H,126,127)(H,128,129)(H,130,131)(H,132,133)(H,134,135)/t56-,57-,65-,66+,67+,71+,72+,73+,74+,75+,76+,77+,78+,88-/m1/s1. The van der Waals surface area contributed by atoms with Gasteiger partial charge in [-0.15, -0.1) is 0 Å². The van der Waals surface area contributed by atoms with E-state index in [2.05, 4.69) is 58.5 Å². The van der Waals surface area contributed by atoms with Gasteiger partial charge in [-0.1, -0.05) is 131 Å². The first-order chi connectivity index (χ1) is 70.9. The van der Waals surface area contributed by atoms with Crippen LogP contribution in [0.2, 0.25) is 0 Å². The van der Waals surface area contributed by atoms with Crippen LogP contribution in [0.25, 0.3) is 10.8 Å². The number of aliphatic carboxylic acids is 6. The van der Waals surface area contributed by atoms with Crippen LogP contribution < -0.4 is 70.0 Å². The number of nitrogens with two attached hydrogens (primary N) is 2. The Bertz CT molecular complexity index is 5670. The second-order valence-electron chi connectivity index (χ2n) is 38.4. The molecular weight excluding hydrogens is 2010 g/mol. The Morgan fingerprint density at radius 3 is 1.27 bits per heavy atom. The molecule has 3 aliphatic heterocycles. The minimum atomic E-state index is -2.10. The molecule has 8 rings (SSSR count). The lowest BCUT2D eigenvalue weighted by Gasteiger charge is -2.33. The average Bonchev–Trinajstić information content (AvgIpc) is 0.815. The van der Waals surface area contributed by atoms with E-state index in [1.165, 1.54) is 59.7 Å². The van der Waals surface area contributed by atoms with Gasteiger partial charge in [0.25, 0.3) is 0 Å². The Hall–Kier alpha value is -14.0. The van der Waals surface area contributed by atoms with E-state index in [1.54, 1.807) is 117 Å². The molecule has 3 heterocycles. The molecule has 13 amide bonds. The topological polar surface area (TPSA) is 714 Å². The molecular formula is C101H133N17O29S3. The Kier molecular flexibility index (Phi) is 48.0. The number of hydrogen-bond acceptors (Lipinski definition) is 30. The second kappa shape index (κ2) is 59.4. The molecule has 3 aliphatic rings. The predicted octanol–water partition coefficient (Wildman–Crippen LogP) is -0.794. The molecule has 46 nitrogen and oxygen atoms in total. The van der Waals surface area contributed by atoms with Gasteiger partial charge in [0.2, 0.25) is 76.8 Å². The van der Waals surface area contributed by atoms with Crippen LogP contribution in [0.5, 0.6) is 5.75 Å². The number of benzene rings is 5. The molecule has 0 radical (unpaired) electrons. The third-order valence-corrected chi connectivity index (χ3v) is 28.6. The van der Waals surface area contributed by atoms with E-state index in [0.717, 1.165) is 35.3 Å². The van der Waals surface area contributed by atoms with Gasteiger partial charge in [-0.2, -0.15) is 35.3 Å². The first-order valence-electron chi connectivity index (χ1n) is 48.8. The number of carbonyl (C=O) groups excluding carboxylic acids is 16. The van der Waals surface area contributed by atoms with Crippen LogP contribution in [-0.2, 0) is 142 Å². The number of rotatable bonds is 27. The summed E-state index contributed by atoms with van der Waals surface area (Å²) < 4.78 is 0. The highest BCUT2D eigenvalue weighted by molar-refractivity contribution is 7.99. The number of fused-ring (bicyclic) bond motifs is 6. The van der Waals surface area contributed by atoms with Crippen LogP contribution in [-0.4, -0.2) is 348 Å². The maximum absolute atomic E-state index is 15.4. The number of carboxylic acids is 6. The molecule has 1 fully saturated rings. The van der Waals surface area contributed by atoms with Gasteiger partial charge in [-0.05, 0) is 94.8 Å². The van der Waals surface area contributed by atoms with E-state index >= 15 is 28.8 Å². The van der Waals surface area contributed by atoms with Crippen molar-refractivity contribution in [1.82, 2.24) is 78.1 Å². The van der Waals surface area contributed by atoms with E-state index in [9.17, 15) is 112 Å². The number of nitrogens with zero attached hydrogens (tertiary/aromatic N) is 4. The third kappa shape index (κ3) is 41.1. The van der Waals surface area contributed by atoms with Gasteiger partial charge < -0.3 is 106 Å². The van der Waals surface area contributed by atoms with Crippen LogP contribution in [0.3, 0.4) is 0 Å². The zero-order valence-corrected chi connectivity index (χ0v) is 86.5. The van der Waals surface area contributed by atoms with Gasteiger partial charge in [-0.3, -0.25) is 125 Å². The number of carboxylic acid groups (broad SMARTS) is 6. The maximum atomic E-state index is 15.4. The van der Waals surface area contributed by atoms with Crippen molar-refractivity contribution in [2.24, 2.45) is 34.6 Å². The summed E-state index contributed by atoms with van der Waals surface area (Å²) >= 11 is 3.22. The maximum Gasteiger partial charge on any atom is 0.317 e. The Morgan fingerprint density at radius 2 is 0.793 bits per heavy atom. The van der Waals surface area contributed by atoms with Crippen molar-refractivity contribution in [3.63, 3.8) is 0 Å². The summed E-state index contributed by atoms with van der Waals surface area (Å²) in [5, 5.41) is 99.8.